The fraction of sp³-hybridized carbons (Fsp3) is 0.161. The number of fused-ring (bicyclic) bond motifs is 1. The molecule has 2 N–H and O–H groups in total. The van der Waals surface area contributed by atoms with Crippen molar-refractivity contribution in [2.24, 2.45) is 0 Å². The molecule has 0 saturated carbocycles. The molecule has 0 bridgehead atoms. The van der Waals surface area contributed by atoms with Crippen molar-refractivity contribution in [2.45, 2.75) is 33.7 Å². The Balaban J connectivity index is 1.33. The van der Waals surface area contributed by atoms with Crippen LogP contribution in [-0.2, 0) is 4.79 Å². The number of para-hydroxylation sites is 1. The molecule has 2 aromatic heterocycles. The first-order valence-corrected chi connectivity index (χ1v) is 13.6. The van der Waals surface area contributed by atoms with Gasteiger partial charge in [-0.1, -0.05) is 35.9 Å². The molecule has 0 aliphatic rings. The Labute approximate surface area is 235 Å². The summed E-state index contributed by atoms with van der Waals surface area (Å²) in [6.07, 6.45) is 1.35. The lowest BCUT2D eigenvalue weighted by atomic mass is 10.1. The number of ether oxygens (including phenoxy) is 1. The standard InChI is InChI=1S/C31H28N4O4S/c1-18-10-15-25(19(2)16-18)34-29(37)27-20(3)26-30(40-27)32-17-35(31(26)38)21(4)28(36)33-22-11-13-24(14-12-22)39-23-8-6-5-7-9-23/h5-17,21H,1-4H3,(H,33,36)(H,34,37). The topological polar surface area (TPSA) is 102 Å². The van der Waals surface area contributed by atoms with E-state index in [1.165, 1.54) is 10.9 Å². The minimum absolute atomic E-state index is 0.302. The predicted molar refractivity (Wildman–Crippen MR) is 159 cm³/mol. The molecule has 202 valence electrons. The molecule has 9 heteroatoms. The van der Waals surface area contributed by atoms with Crippen LogP contribution in [0.25, 0.3) is 10.2 Å². The molecule has 5 rings (SSSR count). The van der Waals surface area contributed by atoms with Crippen LogP contribution < -0.4 is 20.9 Å². The van der Waals surface area contributed by atoms with Crippen molar-refractivity contribution in [1.29, 1.82) is 0 Å². The van der Waals surface area contributed by atoms with Gasteiger partial charge in [-0.2, -0.15) is 0 Å². The molecule has 40 heavy (non-hydrogen) atoms. The number of carbonyl (C=O) groups excluding carboxylic acids is 2. The van der Waals surface area contributed by atoms with E-state index in [0.717, 1.165) is 22.5 Å². The maximum atomic E-state index is 13.5. The van der Waals surface area contributed by atoms with Crippen LogP contribution in [0.5, 0.6) is 11.5 Å². The van der Waals surface area contributed by atoms with E-state index in [2.05, 4.69) is 15.6 Å². The van der Waals surface area contributed by atoms with E-state index < -0.39 is 6.04 Å². The van der Waals surface area contributed by atoms with Crippen LogP contribution in [0.1, 0.15) is 39.3 Å². The summed E-state index contributed by atoms with van der Waals surface area (Å²) in [6, 6.07) is 21.3. The zero-order chi connectivity index (χ0) is 28.4. The van der Waals surface area contributed by atoms with Crippen molar-refractivity contribution in [3.8, 4) is 11.5 Å². The summed E-state index contributed by atoms with van der Waals surface area (Å²) in [6.45, 7) is 7.28. The minimum Gasteiger partial charge on any atom is -0.457 e. The Morgan fingerprint density at radius 2 is 1.62 bits per heavy atom. The van der Waals surface area contributed by atoms with E-state index in [0.29, 0.717) is 43.5 Å². The maximum Gasteiger partial charge on any atom is 0.266 e. The largest absolute Gasteiger partial charge is 0.457 e. The summed E-state index contributed by atoms with van der Waals surface area (Å²) in [5.74, 6) is 0.669. The summed E-state index contributed by atoms with van der Waals surface area (Å²) in [5, 5.41) is 6.11. The number of anilines is 2. The molecule has 0 aliphatic heterocycles. The SMILES string of the molecule is Cc1ccc(NC(=O)c2sc3ncn(C(C)C(=O)Nc4ccc(Oc5ccccc5)cc4)c(=O)c3c2C)c(C)c1. The Bertz CT molecular complexity index is 1780. The molecule has 0 spiro atoms. The smallest absolute Gasteiger partial charge is 0.266 e. The third kappa shape index (κ3) is 5.50. The maximum absolute atomic E-state index is 13.5. The van der Waals surface area contributed by atoms with Crippen LogP contribution in [-0.4, -0.2) is 21.4 Å². The number of hydrogen-bond donors (Lipinski definition) is 2. The van der Waals surface area contributed by atoms with Crippen LogP contribution in [0.4, 0.5) is 11.4 Å². The highest BCUT2D eigenvalue weighted by Crippen LogP contribution is 2.29. The Morgan fingerprint density at radius 1 is 0.925 bits per heavy atom. The molecule has 0 fully saturated rings. The van der Waals surface area contributed by atoms with Crippen LogP contribution in [0.15, 0.2) is 83.9 Å². The summed E-state index contributed by atoms with van der Waals surface area (Å²) in [4.78, 5) is 44.9. The first-order valence-electron chi connectivity index (χ1n) is 12.7. The Kier molecular flexibility index (Phi) is 7.48. The number of hydrogen-bond acceptors (Lipinski definition) is 6. The number of rotatable bonds is 7. The van der Waals surface area contributed by atoms with Gasteiger partial charge in [-0.15, -0.1) is 11.3 Å². The van der Waals surface area contributed by atoms with Gasteiger partial charge in [0.05, 0.1) is 16.6 Å². The monoisotopic (exact) mass is 552 g/mol. The zero-order valence-corrected chi connectivity index (χ0v) is 23.3. The number of benzene rings is 3. The number of aromatic nitrogens is 2. The summed E-state index contributed by atoms with van der Waals surface area (Å²) in [5.41, 5.74) is 3.49. The highest BCUT2D eigenvalue weighted by atomic mass is 32.1. The van der Waals surface area contributed by atoms with Crippen molar-refractivity contribution in [3.63, 3.8) is 0 Å². The molecule has 0 aliphatic carbocycles. The van der Waals surface area contributed by atoms with Gasteiger partial charge in [0.2, 0.25) is 5.91 Å². The average molecular weight is 553 g/mol. The third-order valence-corrected chi connectivity index (χ3v) is 7.81. The second-order valence-corrected chi connectivity index (χ2v) is 10.6. The van der Waals surface area contributed by atoms with Gasteiger partial charge in [0.15, 0.2) is 0 Å². The quantitative estimate of drug-likeness (QED) is 0.236. The lowest BCUT2D eigenvalue weighted by molar-refractivity contribution is -0.118. The van der Waals surface area contributed by atoms with E-state index in [-0.39, 0.29) is 17.4 Å². The lowest BCUT2D eigenvalue weighted by Gasteiger charge is -2.15. The summed E-state index contributed by atoms with van der Waals surface area (Å²) < 4.78 is 7.08. The van der Waals surface area contributed by atoms with Crippen molar-refractivity contribution in [2.75, 3.05) is 10.6 Å². The molecule has 0 radical (unpaired) electrons. The number of aryl methyl sites for hydroxylation is 3. The zero-order valence-electron chi connectivity index (χ0n) is 22.5. The van der Waals surface area contributed by atoms with E-state index >= 15 is 0 Å². The number of nitrogens with zero attached hydrogens (tertiary/aromatic N) is 2. The molecule has 2 amide bonds. The van der Waals surface area contributed by atoms with E-state index in [4.69, 9.17) is 4.74 Å². The molecular formula is C31H28N4O4S. The van der Waals surface area contributed by atoms with Crippen LogP contribution in [0.3, 0.4) is 0 Å². The van der Waals surface area contributed by atoms with Crippen LogP contribution in [0.2, 0.25) is 0 Å². The van der Waals surface area contributed by atoms with Gasteiger partial charge in [0, 0.05) is 11.4 Å². The Morgan fingerprint density at radius 3 is 2.33 bits per heavy atom. The van der Waals surface area contributed by atoms with E-state index in [1.807, 2.05) is 62.4 Å². The van der Waals surface area contributed by atoms with Crippen LogP contribution in [0, 0.1) is 20.8 Å². The first kappa shape index (κ1) is 26.8. The van der Waals surface area contributed by atoms with Gasteiger partial charge in [0.1, 0.15) is 22.4 Å². The van der Waals surface area contributed by atoms with Crippen molar-refractivity contribution in [3.05, 3.63) is 111 Å². The average Bonchev–Trinajstić information content (AvgIpc) is 3.29. The molecule has 1 atom stereocenters. The van der Waals surface area contributed by atoms with Gasteiger partial charge in [-0.25, -0.2) is 4.98 Å². The summed E-state index contributed by atoms with van der Waals surface area (Å²) >= 11 is 1.16. The van der Waals surface area contributed by atoms with E-state index in [1.54, 1.807) is 38.1 Å². The second kappa shape index (κ2) is 11.2. The first-order chi connectivity index (χ1) is 19.2. The molecular weight excluding hydrogens is 524 g/mol. The highest BCUT2D eigenvalue weighted by molar-refractivity contribution is 7.20. The number of carbonyl (C=O) groups is 2. The van der Waals surface area contributed by atoms with Gasteiger partial charge in [-0.05, 0) is 81.3 Å². The van der Waals surface area contributed by atoms with Gasteiger partial charge in [0.25, 0.3) is 11.5 Å². The normalized spacial score (nSPS) is 11.7. The molecule has 0 saturated heterocycles. The molecule has 5 aromatic rings. The number of nitrogens with one attached hydrogen (secondary N) is 2. The van der Waals surface area contributed by atoms with Crippen molar-refractivity contribution < 1.29 is 14.3 Å². The molecule has 2 heterocycles. The van der Waals surface area contributed by atoms with Crippen molar-refractivity contribution >= 4 is 44.7 Å². The molecule has 1 unspecified atom stereocenters. The lowest BCUT2D eigenvalue weighted by Crippen LogP contribution is -2.31. The predicted octanol–water partition coefficient (Wildman–Crippen LogP) is 6.63. The van der Waals surface area contributed by atoms with Gasteiger partial charge >= 0.3 is 0 Å². The third-order valence-electron chi connectivity index (χ3n) is 6.61. The fourth-order valence-electron chi connectivity index (χ4n) is 4.37. The summed E-state index contributed by atoms with van der Waals surface area (Å²) in [7, 11) is 0. The Hall–Kier alpha value is -4.76. The minimum atomic E-state index is -0.837. The van der Waals surface area contributed by atoms with Gasteiger partial charge < -0.3 is 15.4 Å². The second-order valence-electron chi connectivity index (χ2n) is 9.57. The number of thiophene rings is 1. The van der Waals surface area contributed by atoms with E-state index in [9.17, 15) is 14.4 Å². The molecule has 8 nitrogen and oxygen atoms in total. The van der Waals surface area contributed by atoms with Crippen LogP contribution >= 0.6 is 11.3 Å². The van der Waals surface area contributed by atoms with Gasteiger partial charge in [-0.3, -0.25) is 19.0 Å². The fourth-order valence-corrected chi connectivity index (χ4v) is 5.40. The van der Waals surface area contributed by atoms with Crippen molar-refractivity contribution in [1.82, 2.24) is 9.55 Å². The molecule has 3 aromatic carbocycles. The number of amides is 2. The highest BCUT2D eigenvalue weighted by Gasteiger charge is 2.23.